The van der Waals surface area contributed by atoms with Crippen LogP contribution < -0.4 is 0 Å². The summed E-state index contributed by atoms with van der Waals surface area (Å²) in [6.45, 7) is 0.676. The maximum Gasteiger partial charge on any atom is 0.416 e. The molecule has 0 spiro atoms. The summed E-state index contributed by atoms with van der Waals surface area (Å²) >= 11 is 0. The molecule has 1 amide bonds. The molecule has 2 aromatic rings. The number of piperidine rings is 1. The molecule has 2 aromatic carbocycles. The SMILES string of the molecule is O=C(c1cccc(C(F)(F)F)c1)C1CC2COCC(C1)N2C(=O)OCc1ccccc1. The van der Waals surface area contributed by atoms with Crippen LogP contribution >= 0.6 is 0 Å². The lowest BCUT2D eigenvalue weighted by Gasteiger charge is -2.47. The van der Waals surface area contributed by atoms with E-state index in [1.165, 1.54) is 12.1 Å². The van der Waals surface area contributed by atoms with Crippen LogP contribution in [0.5, 0.6) is 0 Å². The van der Waals surface area contributed by atoms with Gasteiger partial charge < -0.3 is 9.47 Å². The molecule has 0 aromatic heterocycles. The lowest BCUT2D eigenvalue weighted by atomic mass is 9.80. The summed E-state index contributed by atoms with van der Waals surface area (Å²) in [5, 5.41) is 0. The van der Waals surface area contributed by atoms with Gasteiger partial charge in [0.05, 0.1) is 30.9 Å². The average molecular weight is 433 g/mol. The molecule has 2 bridgehead atoms. The molecule has 0 aliphatic carbocycles. The molecule has 0 N–H and O–H groups in total. The minimum absolute atomic E-state index is 0.0407. The molecule has 2 fully saturated rings. The van der Waals surface area contributed by atoms with Gasteiger partial charge in [-0.25, -0.2) is 4.79 Å². The van der Waals surface area contributed by atoms with Gasteiger partial charge in [0, 0.05) is 11.5 Å². The van der Waals surface area contributed by atoms with Crippen molar-refractivity contribution in [2.75, 3.05) is 13.2 Å². The van der Waals surface area contributed by atoms with Crippen LogP contribution in [0.15, 0.2) is 54.6 Å². The number of nitrogens with zero attached hydrogens (tertiary/aromatic N) is 1. The average Bonchev–Trinajstić information content (AvgIpc) is 2.76. The van der Waals surface area contributed by atoms with E-state index in [-0.39, 0.29) is 43.3 Å². The Hall–Kier alpha value is -2.87. The number of carbonyl (C=O) groups is 2. The number of fused-ring (bicyclic) bond motifs is 2. The number of amides is 1. The molecule has 2 unspecified atom stereocenters. The van der Waals surface area contributed by atoms with Crippen molar-refractivity contribution in [3.63, 3.8) is 0 Å². The van der Waals surface area contributed by atoms with E-state index < -0.39 is 23.8 Å². The van der Waals surface area contributed by atoms with Gasteiger partial charge in [-0.2, -0.15) is 13.2 Å². The third-order valence-corrected chi connectivity index (χ3v) is 5.78. The van der Waals surface area contributed by atoms with Gasteiger partial charge in [-0.05, 0) is 30.5 Å². The number of Topliss-reactive ketones (excluding diaryl/α,β-unsaturated/α-hetero) is 1. The number of ketones is 1. The molecule has 0 saturated carbocycles. The Morgan fingerprint density at radius 2 is 1.68 bits per heavy atom. The number of halogens is 3. The molecule has 2 atom stereocenters. The van der Waals surface area contributed by atoms with Crippen LogP contribution in [0.4, 0.5) is 18.0 Å². The molecule has 5 nitrogen and oxygen atoms in total. The maximum absolute atomic E-state index is 13.0. The van der Waals surface area contributed by atoms with Crippen LogP contribution in [0, 0.1) is 5.92 Å². The zero-order valence-corrected chi connectivity index (χ0v) is 16.7. The number of benzene rings is 2. The minimum atomic E-state index is -4.51. The first-order valence-corrected chi connectivity index (χ1v) is 10.1. The van der Waals surface area contributed by atoms with Gasteiger partial charge >= 0.3 is 12.3 Å². The molecular weight excluding hydrogens is 411 g/mol. The molecule has 4 rings (SSSR count). The second kappa shape index (κ2) is 8.70. The fourth-order valence-corrected chi connectivity index (χ4v) is 4.31. The van der Waals surface area contributed by atoms with Crippen molar-refractivity contribution in [2.45, 2.75) is 37.7 Å². The van der Waals surface area contributed by atoms with Crippen LogP contribution in [-0.2, 0) is 22.3 Å². The highest BCUT2D eigenvalue weighted by molar-refractivity contribution is 5.98. The van der Waals surface area contributed by atoms with Crippen molar-refractivity contribution < 1.29 is 32.2 Å². The third-order valence-electron chi connectivity index (χ3n) is 5.78. The van der Waals surface area contributed by atoms with Gasteiger partial charge in [-0.3, -0.25) is 9.69 Å². The third kappa shape index (κ3) is 4.74. The lowest BCUT2D eigenvalue weighted by Crippen LogP contribution is -2.59. The van der Waals surface area contributed by atoms with Gasteiger partial charge in [-0.1, -0.05) is 42.5 Å². The van der Waals surface area contributed by atoms with Gasteiger partial charge in [0.15, 0.2) is 5.78 Å². The van der Waals surface area contributed by atoms with Crippen molar-refractivity contribution in [2.24, 2.45) is 5.92 Å². The first-order valence-electron chi connectivity index (χ1n) is 10.1. The number of hydrogen-bond donors (Lipinski definition) is 0. The van der Waals surface area contributed by atoms with Crippen molar-refractivity contribution in [3.05, 3.63) is 71.3 Å². The molecule has 2 aliphatic heterocycles. The van der Waals surface area contributed by atoms with E-state index in [0.29, 0.717) is 12.8 Å². The summed E-state index contributed by atoms with van der Waals surface area (Å²) in [4.78, 5) is 27.3. The summed E-state index contributed by atoms with van der Waals surface area (Å²) in [6.07, 6.45) is -4.32. The number of alkyl halides is 3. The van der Waals surface area contributed by atoms with Gasteiger partial charge in [-0.15, -0.1) is 0 Å². The lowest BCUT2D eigenvalue weighted by molar-refractivity contribution is -0.137. The standard InChI is InChI=1S/C23H22F3NO4/c24-23(25,26)18-8-4-7-16(9-18)21(28)17-10-19-13-30-14-20(11-17)27(19)22(29)31-12-15-5-2-1-3-6-15/h1-9,17,19-20H,10-14H2. The highest BCUT2D eigenvalue weighted by Gasteiger charge is 2.44. The Morgan fingerprint density at radius 3 is 2.32 bits per heavy atom. The van der Waals surface area contributed by atoms with E-state index in [2.05, 4.69) is 0 Å². The van der Waals surface area contributed by atoms with Crippen LogP contribution in [0.1, 0.15) is 34.3 Å². The monoisotopic (exact) mass is 433 g/mol. The van der Waals surface area contributed by atoms with E-state index in [0.717, 1.165) is 17.7 Å². The number of hydrogen-bond acceptors (Lipinski definition) is 4. The van der Waals surface area contributed by atoms with Crippen molar-refractivity contribution >= 4 is 11.9 Å². The highest BCUT2D eigenvalue weighted by Crippen LogP contribution is 2.35. The van der Waals surface area contributed by atoms with E-state index >= 15 is 0 Å². The topological polar surface area (TPSA) is 55.8 Å². The van der Waals surface area contributed by atoms with Crippen LogP contribution in [0.3, 0.4) is 0 Å². The fraction of sp³-hybridized carbons (Fsp3) is 0.391. The maximum atomic E-state index is 13.0. The fourth-order valence-electron chi connectivity index (χ4n) is 4.31. The van der Waals surface area contributed by atoms with Crippen molar-refractivity contribution in [1.29, 1.82) is 0 Å². The molecule has 0 radical (unpaired) electrons. The zero-order chi connectivity index (χ0) is 22.0. The minimum Gasteiger partial charge on any atom is -0.445 e. The predicted molar refractivity (Wildman–Crippen MR) is 105 cm³/mol. The Morgan fingerprint density at radius 1 is 1.00 bits per heavy atom. The van der Waals surface area contributed by atoms with E-state index in [1.54, 1.807) is 4.90 Å². The summed E-state index contributed by atoms with van der Waals surface area (Å²) in [5.74, 6) is -0.805. The predicted octanol–water partition coefficient (Wildman–Crippen LogP) is 4.70. The van der Waals surface area contributed by atoms with Crippen molar-refractivity contribution in [1.82, 2.24) is 4.90 Å². The number of ether oxygens (including phenoxy) is 2. The molecular formula is C23H22F3NO4. The van der Waals surface area contributed by atoms with E-state index in [1.807, 2.05) is 30.3 Å². The smallest absolute Gasteiger partial charge is 0.416 e. The first-order chi connectivity index (χ1) is 14.8. The van der Waals surface area contributed by atoms with E-state index in [4.69, 9.17) is 9.47 Å². The van der Waals surface area contributed by atoms with Crippen LogP contribution in [-0.4, -0.2) is 42.1 Å². The molecule has 2 saturated heterocycles. The van der Waals surface area contributed by atoms with Crippen LogP contribution in [0.25, 0.3) is 0 Å². The molecule has 2 aliphatic rings. The summed E-state index contributed by atoms with van der Waals surface area (Å²) in [7, 11) is 0. The summed E-state index contributed by atoms with van der Waals surface area (Å²) in [5.41, 5.74) is 0.0644. The Kier molecular flexibility index (Phi) is 6.00. The normalized spacial score (nSPS) is 23.3. The number of rotatable bonds is 4. The Bertz CT molecular complexity index is 933. The van der Waals surface area contributed by atoms with E-state index in [9.17, 15) is 22.8 Å². The Balaban J connectivity index is 1.44. The van der Waals surface area contributed by atoms with Crippen molar-refractivity contribution in [3.8, 4) is 0 Å². The summed E-state index contributed by atoms with van der Waals surface area (Å²) in [6, 6.07) is 13.1. The second-order valence-corrected chi connectivity index (χ2v) is 7.90. The molecule has 2 heterocycles. The largest absolute Gasteiger partial charge is 0.445 e. The molecule has 164 valence electrons. The Labute approximate surface area is 177 Å². The highest BCUT2D eigenvalue weighted by atomic mass is 19.4. The first kappa shape index (κ1) is 21.4. The van der Waals surface area contributed by atoms with Gasteiger partial charge in [0.25, 0.3) is 0 Å². The second-order valence-electron chi connectivity index (χ2n) is 7.90. The molecule has 8 heteroatoms. The van der Waals surface area contributed by atoms with Crippen LogP contribution in [0.2, 0.25) is 0 Å². The van der Waals surface area contributed by atoms with Gasteiger partial charge in [0.2, 0.25) is 0 Å². The number of carbonyl (C=O) groups excluding carboxylic acids is 2. The van der Waals surface area contributed by atoms with Gasteiger partial charge in [0.1, 0.15) is 6.61 Å². The summed E-state index contributed by atoms with van der Waals surface area (Å²) < 4.78 is 50.1. The zero-order valence-electron chi connectivity index (χ0n) is 16.7. The molecule has 31 heavy (non-hydrogen) atoms. The quantitative estimate of drug-likeness (QED) is 0.656. The number of morpholine rings is 1.